The van der Waals surface area contributed by atoms with Crippen LogP contribution in [-0.4, -0.2) is 46.0 Å². The van der Waals surface area contributed by atoms with Gasteiger partial charge in [0, 0.05) is 24.3 Å². The topological polar surface area (TPSA) is 75.7 Å². The highest BCUT2D eigenvalue weighted by molar-refractivity contribution is 8.01. The van der Waals surface area contributed by atoms with Crippen LogP contribution in [0.4, 0.5) is 4.39 Å². The number of carbonyl (C=O) groups excluding carboxylic acids is 3. The lowest BCUT2D eigenvalue weighted by Crippen LogP contribution is -2.47. The number of ether oxygens (including phenoxy) is 1. The van der Waals surface area contributed by atoms with E-state index in [1.54, 1.807) is 34.9 Å². The van der Waals surface area contributed by atoms with Gasteiger partial charge in [-0.15, -0.1) is 11.8 Å². The zero-order valence-electron chi connectivity index (χ0n) is 13.8. The molecule has 0 spiro atoms. The summed E-state index contributed by atoms with van der Waals surface area (Å²) < 4.78 is 18.5. The van der Waals surface area contributed by atoms with Gasteiger partial charge in [0.2, 0.25) is 5.91 Å². The van der Waals surface area contributed by atoms with E-state index in [1.807, 2.05) is 6.92 Å². The molecule has 2 saturated heterocycles. The third-order valence-electron chi connectivity index (χ3n) is 4.50. The van der Waals surface area contributed by atoms with Gasteiger partial charge in [0.25, 0.3) is 5.91 Å². The van der Waals surface area contributed by atoms with Gasteiger partial charge in [-0.2, -0.15) is 0 Å². The summed E-state index contributed by atoms with van der Waals surface area (Å²) in [6.45, 7) is 1.51. The smallest absolute Gasteiger partial charge is 0.330 e. The maximum atomic E-state index is 13.5. The predicted octanol–water partition coefficient (Wildman–Crippen LogP) is 1.44. The molecule has 1 aromatic carbocycles. The Morgan fingerprint density at radius 2 is 2.20 bits per heavy atom. The third kappa shape index (κ3) is 3.63. The van der Waals surface area contributed by atoms with Gasteiger partial charge in [-0.05, 0) is 19.4 Å². The highest BCUT2D eigenvalue weighted by Gasteiger charge is 2.53. The number of thioether (sulfide) groups is 1. The quantitative estimate of drug-likeness (QED) is 0.798. The van der Waals surface area contributed by atoms with Crippen LogP contribution in [0.5, 0.6) is 0 Å². The monoisotopic (exact) mass is 366 g/mol. The number of fused-ring (bicyclic) bond motifs is 1. The molecule has 8 heteroatoms. The van der Waals surface area contributed by atoms with Crippen molar-refractivity contribution < 1.29 is 23.5 Å². The van der Waals surface area contributed by atoms with Gasteiger partial charge < -0.3 is 15.0 Å². The molecule has 134 valence electrons. The Labute approximate surface area is 149 Å². The molecule has 1 N–H and O–H groups in total. The molecule has 0 aliphatic carbocycles. The Balaban J connectivity index is 1.48. The zero-order chi connectivity index (χ0) is 18.0. The molecule has 0 aromatic heterocycles. The Bertz CT molecular complexity index is 714. The fraction of sp³-hybridized carbons (Fsp3) is 0.471. The van der Waals surface area contributed by atoms with Gasteiger partial charge in [0.05, 0.1) is 4.87 Å². The first-order chi connectivity index (χ1) is 11.9. The van der Waals surface area contributed by atoms with Crippen LogP contribution in [0.15, 0.2) is 24.3 Å². The summed E-state index contributed by atoms with van der Waals surface area (Å²) in [7, 11) is 0. The van der Waals surface area contributed by atoms with Crippen molar-refractivity contribution in [3.63, 3.8) is 0 Å². The number of esters is 1. The average molecular weight is 366 g/mol. The Kier molecular flexibility index (Phi) is 4.99. The van der Waals surface area contributed by atoms with Crippen molar-refractivity contribution in [2.24, 2.45) is 0 Å². The number of carbonyl (C=O) groups is 3. The first-order valence-corrected chi connectivity index (χ1v) is 9.02. The number of hydrogen-bond acceptors (Lipinski definition) is 5. The number of halogens is 1. The van der Waals surface area contributed by atoms with E-state index in [4.69, 9.17) is 4.74 Å². The fourth-order valence-electron chi connectivity index (χ4n) is 3.11. The van der Waals surface area contributed by atoms with Crippen molar-refractivity contribution in [3.05, 3.63) is 35.6 Å². The van der Waals surface area contributed by atoms with Crippen molar-refractivity contribution in [2.75, 3.05) is 12.4 Å². The largest absolute Gasteiger partial charge is 0.454 e. The second kappa shape index (κ2) is 7.03. The number of benzene rings is 1. The molecule has 2 aliphatic heterocycles. The molecule has 2 heterocycles. The van der Waals surface area contributed by atoms with E-state index in [1.165, 1.54) is 6.07 Å². The van der Waals surface area contributed by atoms with E-state index < -0.39 is 30.3 Å². The number of amides is 2. The molecule has 25 heavy (non-hydrogen) atoms. The molecular weight excluding hydrogens is 347 g/mol. The molecule has 6 nitrogen and oxygen atoms in total. The Hall–Kier alpha value is -2.09. The van der Waals surface area contributed by atoms with Crippen molar-refractivity contribution in [1.29, 1.82) is 0 Å². The first-order valence-electron chi connectivity index (χ1n) is 8.03. The van der Waals surface area contributed by atoms with Gasteiger partial charge in [-0.1, -0.05) is 18.2 Å². The summed E-state index contributed by atoms with van der Waals surface area (Å²) >= 11 is 1.56. The Morgan fingerprint density at radius 3 is 2.96 bits per heavy atom. The van der Waals surface area contributed by atoms with Crippen molar-refractivity contribution in [2.45, 2.75) is 37.2 Å². The molecule has 0 bridgehead atoms. The summed E-state index contributed by atoms with van der Waals surface area (Å²) in [4.78, 5) is 37.3. The zero-order valence-corrected chi connectivity index (χ0v) is 14.6. The molecule has 3 rings (SSSR count). The van der Waals surface area contributed by atoms with Crippen molar-refractivity contribution in [3.8, 4) is 0 Å². The molecular formula is C17H19FN2O4S. The van der Waals surface area contributed by atoms with Crippen molar-refractivity contribution in [1.82, 2.24) is 10.2 Å². The molecule has 1 aromatic rings. The Morgan fingerprint density at radius 1 is 1.44 bits per heavy atom. The van der Waals surface area contributed by atoms with Crippen LogP contribution in [-0.2, 0) is 25.7 Å². The maximum Gasteiger partial charge on any atom is 0.330 e. The van der Waals surface area contributed by atoms with Crippen LogP contribution < -0.4 is 5.32 Å². The van der Waals surface area contributed by atoms with E-state index in [0.717, 1.165) is 0 Å². The number of nitrogens with one attached hydrogen (secondary N) is 1. The maximum absolute atomic E-state index is 13.5. The summed E-state index contributed by atoms with van der Waals surface area (Å²) in [5.74, 6) is -1.09. The van der Waals surface area contributed by atoms with E-state index in [9.17, 15) is 18.8 Å². The third-order valence-corrected chi connectivity index (χ3v) is 6.00. The van der Waals surface area contributed by atoms with E-state index in [2.05, 4.69) is 5.32 Å². The molecule has 2 amide bonds. The van der Waals surface area contributed by atoms with E-state index in [0.29, 0.717) is 24.2 Å². The summed E-state index contributed by atoms with van der Waals surface area (Å²) in [5, 5.41) is 2.51. The highest BCUT2D eigenvalue weighted by atomic mass is 32.2. The molecule has 2 atom stereocenters. The van der Waals surface area contributed by atoms with Gasteiger partial charge in [-0.3, -0.25) is 9.59 Å². The number of hydrogen-bond donors (Lipinski definition) is 1. The van der Waals surface area contributed by atoms with E-state index in [-0.39, 0.29) is 17.3 Å². The van der Waals surface area contributed by atoms with Crippen LogP contribution in [0.25, 0.3) is 0 Å². The SMILES string of the molecule is C[C@]12CCC(=O)N1[C@@H](C(=O)OCC(=O)NCc1ccccc1F)CS2. The summed E-state index contributed by atoms with van der Waals surface area (Å²) in [6.07, 6.45) is 1.14. The molecule has 2 aliphatic rings. The minimum Gasteiger partial charge on any atom is -0.454 e. The second-order valence-corrected chi connectivity index (χ2v) is 7.74. The molecule has 0 unspecified atom stereocenters. The summed E-state index contributed by atoms with van der Waals surface area (Å²) in [6, 6.07) is 5.46. The fourth-order valence-corrected chi connectivity index (χ4v) is 4.53. The van der Waals surface area contributed by atoms with Crippen LogP contribution in [0.3, 0.4) is 0 Å². The molecule has 0 saturated carbocycles. The average Bonchev–Trinajstić information content (AvgIpc) is 3.08. The number of rotatable bonds is 5. The first kappa shape index (κ1) is 17.7. The van der Waals surface area contributed by atoms with Gasteiger partial charge in [0.1, 0.15) is 11.9 Å². The highest BCUT2D eigenvalue weighted by Crippen LogP contribution is 2.47. The van der Waals surface area contributed by atoms with Crippen LogP contribution >= 0.6 is 11.8 Å². The van der Waals surface area contributed by atoms with Crippen molar-refractivity contribution >= 4 is 29.5 Å². The predicted molar refractivity (Wildman–Crippen MR) is 89.9 cm³/mol. The standard InChI is InChI=1S/C17H19FN2O4S/c1-17-7-6-15(22)20(17)13(10-25-17)16(23)24-9-14(21)19-8-11-4-2-3-5-12(11)18/h2-5,13H,6-10H2,1H3,(H,19,21)/t13-,17+/m1/s1. The number of nitrogens with zero attached hydrogens (tertiary/aromatic N) is 1. The lowest BCUT2D eigenvalue weighted by molar-refractivity contribution is -0.156. The summed E-state index contributed by atoms with van der Waals surface area (Å²) in [5.41, 5.74) is 0.354. The van der Waals surface area contributed by atoms with Crippen LogP contribution in [0.1, 0.15) is 25.3 Å². The normalized spacial score (nSPS) is 25.0. The lowest BCUT2D eigenvalue weighted by Gasteiger charge is -2.29. The van der Waals surface area contributed by atoms with Gasteiger partial charge >= 0.3 is 5.97 Å². The lowest BCUT2D eigenvalue weighted by atomic mass is 10.2. The van der Waals surface area contributed by atoms with Gasteiger partial charge in [0.15, 0.2) is 6.61 Å². The van der Waals surface area contributed by atoms with E-state index >= 15 is 0 Å². The molecule has 2 fully saturated rings. The minimum atomic E-state index is -0.649. The van der Waals surface area contributed by atoms with Crippen LogP contribution in [0, 0.1) is 5.82 Å². The molecule has 0 radical (unpaired) electrons. The minimum absolute atomic E-state index is 0.0189. The second-order valence-electron chi connectivity index (χ2n) is 6.24. The van der Waals surface area contributed by atoms with Gasteiger partial charge in [-0.25, -0.2) is 9.18 Å². The van der Waals surface area contributed by atoms with Crippen LogP contribution in [0.2, 0.25) is 0 Å².